The summed E-state index contributed by atoms with van der Waals surface area (Å²) in [6.07, 6.45) is 0. The van der Waals surface area contributed by atoms with Crippen LogP contribution in [0.2, 0.25) is 0 Å². The Labute approximate surface area is 161 Å². The topological polar surface area (TPSA) is 69.5 Å². The van der Waals surface area contributed by atoms with E-state index in [1.165, 1.54) is 21.7 Å². The largest absolute Gasteiger partial charge is 0.486 e. The lowest BCUT2D eigenvalue weighted by molar-refractivity contribution is 0.0772. The molecule has 1 aliphatic heterocycles. The Morgan fingerprint density at radius 1 is 1.14 bits per heavy atom. The number of nitrogens with zero attached hydrogens (tertiary/aromatic N) is 4. The van der Waals surface area contributed by atoms with Gasteiger partial charge in [-0.05, 0) is 48.9 Å². The molecule has 0 atom stereocenters. The minimum Gasteiger partial charge on any atom is -0.486 e. The van der Waals surface area contributed by atoms with E-state index in [9.17, 15) is 9.18 Å². The van der Waals surface area contributed by atoms with Crippen LogP contribution >= 0.6 is 0 Å². The van der Waals surface area contributed by atoms with Gasteiger partial charge >= 0.3 is 0 Å². The van der Waals surface area contributed by atoms with Crippen LogP contribution in [0.15, 0.2) is 42.5 Å². The molecule has 28 heavy (non-hydrogen) atoms. The lowest BCUT2D eigenvalue weighted by atomic mass is 10.2. The van der Waals surface area contributed by atoms with Crippen molar-refractivity contribution in [1.29, 1.82) is 0 Å². The van der Waals surface area contributed by atoms with E-state index in [4.69, 9.17) is 9.47 Å². The van der Waals surface area contributed by atoms with Crippen LogP contribution in [0.5, 0.6) is 11.5 Å². The first-order valence-corrected chi connectivity index (χ1v) is 8.85. The molecule has 1 amide bonds. The second-order valence-corrected chi connectivity index (χ2v) is 6.51. The quantitative estimate of drug-likeness (QED) is 0.694. The van der Waals surface area contributed by atoms with Gasteiger partial charge in [-0.15, -0.1) is 5.10 Å². The van der Waals surface area contributed by atoms with Gasteiger partial charge in [0.2, 0.25) is 5.82 Å². The SMILES string of the molecule is Cc1nc(C(=O)N(C)Cc2ccc3c(c2)OCCO3)nn1-c1ccc(F)cc1. The van der Waals surface area contributed by atoms with Crippen LogP contribution in [-0.2, 0) is 6.54 Å². The number of fused-ring (bicyclic) bond motifs is 1. The average Bonchev–Trinajstić information content (AvgIpc) is 3.09. The van der Waals surface area contributed by atoms with Gasteiger partial charge in [-0.2, -0.15) is 0 Å². The molecule has 7 nitrogen and oxygen atoms in total. The molecule has 144 valence electrons. The molecule has 2 heterocycles. The fourth-order valence-electron chi connectivity index (χ4n) is 3.01. The Hall–Kier alpha value is -3.42. The molecule has 1 aliphatic rings. The van der Waals surface area contributed by atoms with Crippen molar-refractivity contribution in [1.82, 2.24) is 19.7 Å². The van der Waals surface area contributed by atoms with E-state index in [0.717, 1.165) is 5.56 Å². The fourth-order valence-corrected chi connectivity index (χ4v) is 3.01. The molecule has 0 saturated heterocycles. The molecule has 0 bridgehead atoms. The minimum absolute atomic E-state index is 0.0851. The number of ether oxygens (including phenoxy) is 2. The average molecular weight is 382 g/mol. The smallest absolute Gasteiger partial charge is 0.293 e. The number of benzene rings is 2. The number of hydrogen-bond acceptors (Lipinski definition) is 5. The summed E-state index contributed by atoms with van der Waals surface area (Å²) < 4.78 is 25.7. The third kappa shape index (κ3) is 3.53. The molecule has 2 aromatic carbocycles. The number of halogens is 1. The van der Waals surface area contributed by atoms with Crippen molar-refractivity contribution in [2.24, 2.45) is 0 Å². The number of hydrogen-bond donors (Lipinski definition) is 0. The number of aryl methyl sites for hydroxylation is 1. The number of rotatable bonds is 4. The highest BCUT2D eigenvalue weighted by Gasteiger charge is 2.20. The van der Waals surface area contributed by atoms with Crippen LogP contribution in [0.4, 0.5) is 4.39 Å². The summed E-state index contributed by atoms with van der Waals surface area (Å²) in [6.45, 7) is 3.16. The van der Waals surface area contributed by atoms with E-state index in [0.29, 0.717) is 42.8 Å². The summed E-state index contributed by atoms with van der Waals surface area (Å²) in [7, 11) is 1.69. The lowest BCUT2D eigenvalue weighted by Crippen LogP contribution is -2.27. The molecule has 0 radical (unpaired) electrons. The number of aromatic nitrogens is 3. The van der Waals surface area contributed by atoms with Gasteiger partial charge in [-0.25, -0.2) is 14.1 Å². The van der Waals surface area contributed by atoms with Gasteiger partial charge in [0.25, 0.3) is 5.91 Å². The number of carbonyl (C=O) groups excluding carboxylic acids is 1. The van der Waals surface area contributed by atoms with Crippen molar-refractivity contribution in [2.45, 2.75) is 13.5 Å². The molecule has 0 spiro atoms. The van der Waals surface area contributed by atoms with Crippen LogP contribution in [0, 0.1) is 12.7 Å². The van der Waals surface area contributed by atoms with Gasteiger partial charge in [-0.3, -0.25) is 4.79 Å². The Morgan fingerprint density at radius 3 is 2.61 bits per heavy atom. The van der Waals surface area contributed by atoms with Crippen molar-refractivity contribution in [3.8, 4) is 17.2 Å². The maximum absolute atomic E-state index is 13.1. The van der Waals surface area contributed by atoms with Crippen LogP contribution in [0.3, 0.4) is 0 Å². The molecule has 0 unspecified atom stereocenters. The van der Waals surface area contributed by atoms with Crippen molar-refractivity contribution >= 4 is 5.91 Å². The fraction of sp³-hybridized carbons (Fsp3) is 0.250. The molecule has 0 aliphatic carbocycles. The van der Waals surface area contributed by atoms with E-state index in [1.807, 2.05) is 18.2 Å². The Kier molecular flexibility index (Phi) is 4.68. The van der Waals surface area contributed by atoms with Gasteiger partial charge in [0.05, 0.1) is 5.69 Å². The van der Waals surface area contributed by atoms with Crippen molar-refractivity contribution in [3.05, 3.63) is 65.5 Å². The first-order valence-electron chi connectivity index (χ1n) is 8.85. The first kappa shape index (κ1) is 18.0. The molecule has 4 rings (SSSR count). The molecular weight excluding hydrogens is 363 g/mol. The van der Waals surface area contributed by atoms with Crippen molar-refractivity contribution < 1.29 is 18.7 Å². The molecule has 0 N–H and O–H groups in total. The summed E-state index contributed by atoms with van der Waals surface area (Å²) in [4.78, 5) is 18.6. The predicted molar refractivity (Wildman–Crippen MR) is 99.3 cm³/mol. The second kappa shape index (κ2) is 7.30. The van der Waals surface area contributed by atoms with Crippen LogP contribution in [0.25, 0.3) is 5.69 Å². The summed E-state index contributed by atoms with van der Waals surface area (Å²) in [5, 5.41) is 4.29. The maximum atomic E-state index is 13.1. The zero-order valence-corrected chi connectivity index (χ0v) is 15.6. The molecular formula is C20H19FN4O3. The highest BCUT2D eigenvalue weighted by molar-refractivity contribution is 5.90. The van der Waals surface area contributed by atoms with Crippen LogP contribution in [0.1, 0.15) is 22.0 Å². The Balaban J connectivity index is 1.51. The molecule has 0 fully saturated rings. The summed E-state index contributed by atoms with van der Waals surface area (Å²) in [6, 6.07) is 11.5. The van der Waals surface area contributed by atoms with E-state index in [1.54, 1.807) is 26.1 Å². The molecule has 3 aromatic rings. The third-order valence-corrected chi connectivity index (χ3v) is 4.40. The number of carbonyl (C=O) groups is 1. The van der Waals surface area contributed by atoms with Gasteiger partial charge in [0.1, 0.15) is 24.9 Å². The lowest BCUT2D eigenvalue weighted by Gasteiger charge is -2.20. The van der Waals surface area contributed by atoms with Crippen LogP contribution in [-0.4, -0.2) is 45.8 Å². The summed E-state index contributed by atoms with van der Waals surface area (Å²) in [5.41, 5.74) is 1.55. The van der Waals surface area contributed by atoms with Gasteiger partial charge < -0.3 is 14.4 Å². The summed E-state index contributed by atoms with van der Waals surface area (Å²) >= 11 is 0. The molecule has 0 saturated carbocycles. The summed E-state index contributed by atoms with van der Waals surface area (Å²) in [5.74, 6) is 1.37. The monoisotopic (exact) mass is 382 g/mol. The zero-order chi connectivity index (χ0) is 19.7. The highest BCUT2D eigenvalue weighted by atomic mass is 19.1. The van der Waals surface area contributed by atoms with Gasteiger partial charge in [-0.1, -0.05) is 6.07 Å². The van der Waals surface area contributed by atoms with Gasteiger partial charge in [0, 0.05) is 13.6 Å². The predicted octanol–water partition coefficient (Wildman–Crippen LogP) is 2.76. The zero-order valence-electron chi connectivity index (χ0n) is 15.6. The van der Waals surface area contributed by atoms with Crippen molar-refractivity contribution in [3.63, 3.8) is 0 Å². The van der Waals surface area contributed by atoms with E-state index in [-0.39, 0.29) is 17.5 Å². The molecule has 8 heteroatoms. The number of amides is 1. The highest BCUT2D eigenvalue weighted by Crippen LogP contribution is 2.31. The third-order valence-electron chi connectivity index (χ3n) is 4.40. The Bertz CT molecular complexity index is 1020. The normalized spacial score (nSPS) is 12.7. The minimum atomic E-state index is -0.336. The van der Waals surface area contributed by atoms with E-state index in [2.05, 4.69) is 10.1 Å². The van der Waals surface area contributed by atoms with Crippen LogP contribution < -0.4 is 9.47 Å². The van der Waals surface area contributed by atoms with E-state index < -0.39 is 0 Å². The van der Waals surface area contributed by atoms with Gasteiger partial charge in [0.15, 0.2) is 11.5 Å². The first-order chi connectivity index (χ1) is 13.5. The molecule has 1 aromatic heterocycles. The van der Waals surface area contributed by atoms with E-state index >= 15 is 0 Å². The second-order valence-electron chi connectivity index (χ2n) is 6.51. The standard InChI is InChI=1S/C20H19FN4O3/c1-13-22-19(23-25(13)16-6-4-15(21)5-7-16)20(26)24(2)12-14-3-8-17-18(11-14)28-10-9-27-17/h3-8,11H,9-10,12H2,1-2H3. The van der Waals surface area contributed by atoms with Crippen molar-refractivity contribution in [2.75, 3.05) is 20.3 Å². The Morgan fingerprint density at radius 2 is 1.86 bits per heavy atom. The maximum Gasteiger partial charge on any atom is 0.293 e.